The van der Waals surface area contributed by atoms with Crippen LogP contribution in [0.3, 0.4) is 0 Å². The highest BCUT2D eigenvalue weighted by molar-refractivity contribution is 5.35. The van der Waals surface area contributed by atoms with Gasteiger partial charge in [0.25, 0.3) is 0 Å². The first-order chi connectivity index (χ1) is 9.72. The maximum atomic E-state index is 5.38. The molecule has 20 heavy (non-hydrogen) atoms. The van der Waals surface area contributed by atoms with Crippen molar-refractivity contribution < 1.29 is 4.74 Å². The molecule has 0 aromatic carbocycles. The molecule has 1 fully saturated rings. The van der Waals surface area contributed by atoms with Gasteiger partial charge in [0.15, 0.2) is 0 Å². The molecule has 0 bridgehead atoms. The number of anilines is 1. The van der Waals surface area contributed by atoms with E-state index in [0.29, 0.717) is 12.1 Å². The molecule has 110 valence electrons. The zero-order valence-corrected chi connectivity index (χ0v) is 12.4. The third-order valence-electron chi connectivity index (χ3n) is 4.00. The molecule has 2 aliphatic rings. The molecule has 1 aliphatic carbocycles. The van der Waals surface area contributed by atoms with E-state index in [4.69, 9.17) is 9.72 Å². The lowest BCUT2D eigenvalue weighted by molar-refractivity contribution is 0.122. The molecule has 5 nitrogen and oxygen atoms in total. The molecule has 1 N–H and O–H groups in total. The van der Waals surface area contributed by atoms with Gasteiger partial charge in [-0.1, -0.05) is 13.8 Å². The molecule has 3 rings (SSSR count). The molecule has 0 saturated carbocycles. The van der Waals surface area contributed by atoms with Gasteiger partial charge in [-0.25, -0.2) is 9.97 Å². The molecule has 0 radical (unpaired) electrons. The highest BCUT2D eigenvalue weighted by atomic mass is 16.5. The number of rotatable bonds is 3. The zero-order chi connectivity index (χ0) is 13.9. The first-order valence-corrected chi connectivity index (χ1v) is 7.66. The van der Waals surface area contributed by atoms with Crippen LogP contribution in [0.25, 0.3) is 0 Å². The molecule has 1 aromatic heterocycles. The smallest absolute Gasteiger partial charge is 0.225 e. The Morgan fingerprint density at radius 3 is 2.90 bits per heavy atom. The van der Waals surface area contributed by atoms with Gasteiger partial charge >= 0.3 is 0 Å². The highest BCUT2D eigenvalue weighted by Gasteiger charge is 2.22. The van der Waals surface area contributed by atoms with Crippen molar-refractivity contribution in [2.75, 3.05) is 31.2 Å². The zero-order valence-electron chi connectivity index (χ0n) is 12.4. The lowest BCUT2D eigenvalue weighted by atomic mass is 9.92. The maximum absolute atomic E-state index is 5.38. The molecule has 1 atom stereocenters. The van der Waals surface area contributed by atoms with Crippen molar-refractivity contribution in [1.29, 1.82) is 0 Å². The standard InChI is InChI=1S/C15H24N4O/c1-11(2)17-13-3-4-14-12(9-13)10-16-15(18-14)19-5-7-20-8-6-19/h10-11,13,17H,3-9H2,1-2H3/t13-/m1/s1. The van der Waals surface area contributed by atoms with Gasteiger partial charge in [-0.3, -0.25) is 0 Å². The Morgan fingerprint density at radius 1 is 1.35 bits per heavy atom. The Balaban J connectivity index is 1.71. The van der Waals surface area contributed by atoms with E-state index in [-0.39, 0.29) is 0 Å². The van der Waals surface area contributed by atoms with Crippen molar-refractivity contribution in [3.63, 3.8) is 0 Å². The summed E-state index contributed by atoms with van der Waals surface area (Å²) in [5.41, 5.74) is 2.55. The monoisotopic (exact) mass is 276 g/mol. The Morgan fingerprint density at radius 2 is 2.15 bits per heavy atom. The van der Waals surface area contributed by atoms with Crippen LogP contribution >= 0.6 is 0 Å². The van der Waals surface area contributed by atoms with Gasteiger partial charge in [0, 0.05) is 37.1 Å². The third-order valence-corrected chi connectivity index (χ3v) is 4.00. The molecule has 0 unspecified atom stereocenters. The second kappa shape index (κ2) is 6.06. The third kappa shape index (κ3) is 3.10. The van der Waals surface area contributed by atoms with Crippen LogP contribution in [0.5, 0.6) is 0 Å². The number of fused-ring (bicyclic) bond motifs is 1. The van der Waals surface area contributed by atoms with Crippen molar-refractivity contribution in [3.05, 3.63) is 17.5 Å². The predicted octanol–water partition coefficient (Wildman–Crippen LogP) is 1.17. The first-order valence-electron chi connectivity index (χ1n) is 7.66. The van der Waals surface area contributed by atoms with Crippen molar-refractivity contribution in [3.8, 4) is 0 Å². The topological polar surface area (TPSA) is 50.3 Å². The van der Waals surface area contributed by atoms with Crippen molar-refractivity contribution >= 4 is 5.95 Å². The van der Waals surface area contributed by atoms with Crippen LogP contribution in [0.4, 0.5) is 5.95 Å². The number of morpholine rings is 1. The SMILES string of the molecule is CC(C)N[C@@H]1CCc2nc(N3CCOCC3)ncc2C1. The van der Waals surface area contributed by atoms with Crippen molar-refractivity contribution in [2.24, 2.45) is 0 Å². The van der Waals surface area contributed by atoms with Gasteiger partial charge in [0.05, 0.1) is 13.2 Å². The summed E-state index contributed by atoms with van der Waals surface area (Å²) < 4.78 is 5.38. The van der Waals surface area contributed by atoms with E-state index < -0.39 is 0 Å². The summed E-state index contributed by atoms with van der Waals surface area (Å²) in [6, 6.07) is 1.11. The second-order valence-corrected chi connectivity index (χ2v) is 6.00. The Hall–Kier alpha value is -1.20. The summed E-state index contributed by atoms with van der Waals surface area (Å²) in [5.74, 6) is 0.877. The van der Waals surface area contributed by atoms with E-state index in [1.807, 2.05) is 6.20 Å². The number of hydrogen-bond donors (Lipinski definition) is 1. The van der Waals surface area contributed by atoms with Gasteiger partial charge in [0.1, 0.15) is 0 Å². The van der Waals surface area contributed by atoms with Crippen molar-refractivity contribution in [2.45, 2.75) is 45.2 Å². The van der Waals surface area contributed by atoms with Gasteiger partial charge in [-0.15, -0.1) is 0 Å². The largest absolute Gasteiger partial charge is 0.378 e. The fourth-order valence-corrected chi connectivity index (χ4v) is 3.03. The van der Waals surface area contributed by atoms with E-state index >= 15 is 0 Å². The van der Waals surface area contributed by atoms with Gasteiger partial charge in [-0.2, -0.15) is 0 Å². The second-order valence-electron chi connectivity index (χ2n) is 6.00. The summed E-state index contributed by atoms with van der Waals surface area (Å²) in [6.07, 6.45) is 5.31. The minimum absolute atomic E-state index is 0.537. The van der Waals surface area contributed by atoms with E-state index in [0.717, 1.165) is 45.1 Å². The molecule has 1 aromatic rings. The van der Waals surface area contributed by atoms with E-state index in [9.17, 15) is 0 Å². The Labute approximate surface area is 120 Å². The molecule has 1 aliphatic heterocycles. The minimum Gasteiger partial charge on any atom is -0.378 e. The molecule has 5 heteroatoms. The molecule has 0 spiro atoms. The predicted molar refractivity (Wildman–Crippen MR) is 79.1 cm³/mol. The van der Waals surface area contributed by atoms with Crippen LogP contribution in [-0.4, -0.2) is 48.4 Å². The fourth-order valence-electron chi connectivity index (χ4n) is 3.03. The normalized spacial score (nSPS) is 22.9. The number of nitrogens with one attached hydrogen (secondary N) is 1. The molecular weight excluding hydrogens is 252 g/mol. The molecule has 0 amide bonds. The summed E-state index contributed by atoms with van der Waals surface area (Å²) in [4.78, 5) is 11.6. The van der Waals surface area contributed by atoms with E-state index in [1.54, 1.807) is 0 Å². The molecular formula is C15H24N4O. The molecule has 2 heterocycles. The number of ether oxygens (including phenoxy) is 1. The van der Waals surface area contributed by atoms with Gasteiger partial charge in [0.2, 0.25) is 5.95 Å². The minimum atomic E-state index is 0.537. The van der Waals surface area contributed by atoms with Crippen LogP contribution in [0, 0.1) is 0 Å². The lowest BCUT2D eigenvalue weighted by Crippen LogP contribution is -2.40. The highest BCUT2D eigenvalue weighted by Crippen LogP contribution is 2.22. The summed E-state index contributed by atoms with van der Waals surface area (Å²) in [6.45, 7) is 7.76. The summed E-state index contributed by atoms with van der Waals surface area (Å²) in [7, 11) is 0. The summed E-state index contributed by atoms with van der Waals surface area (Å²) >= 11 is 0. The number of aryl methyl sites for hydroxylation is 1. The molecule has 1 saturated heterocycles. The number of aromatic nitrogens is 2. The number of hydrogen-bond acceptors (Lipinski definition) is 5. The Bertz CT molecular complexity index is 457. The van der Waals surface area contributed by atoms with Crippen molar-refractivity contribution in [1.82, 2.24) is 15.3 Å². The average Bonchev–Trinajstić information content (AvgIpc) is 2.47. The summed E-state index contributed by atoms with van der Waals surface area (Å²) in [5, 5.41) is 3.62. The van der Waals surface area contributed by atoms with Gasteiger partial charge < -0.3 is 15.0 Å². The van der Waals surface area contributed by atoms with Gasteiger partial charge in [-0.05, 0) is 24.8 Å². The van der Waals surface area contributed by atoms with Crippen LogP contribution in [0.15, 0.2) is 6.20 Å². The number of nitrogens with zero attached hydrogens (tertiary/aromatic N) is 3. The van der Waals surface area contributed by atoms with Crippen LogP contribution in [0.2, 0.25) is 0 Å². The average molecular weight is 276 g/mol. The first kappa shape index (κ1) is 13.8. The maximum Gasteiger partial charge on any atom is 0.225 e. The van der Waals surface area contributed by atoms with Crippen LogP contribution < -0.4 is 10.2 Å². The fraction of sp³-hybridized carbons (Fsp3) is 0.733. The lowest BCUT2D eigenvalue weighted by Gasteiger charge is -2.29. The quantitative estimate of drug-likeness (QED) is 0.898. The van der Waals surface area contributed by atoms with E-state index in [1.165, 1.54) is 17.7 Å². The Kier molecular flexibility index (Phi) is 4.17. The van der Waals surface area contributed by atoms with Crippen LogP contribution in [0.1, 0.15) is 31.5 Å². The van der Waals surface area contributed by atoms with E-state index in [2.05, 4.69) is 29.0 Å². The van der Waals surface area contributed by atoms with Crippen LogP contribution in [-0.2, 0) is 17.6 Å².